The first-order chi connectivity index (χ1) is 7.26. The van der Waals surface area contributed by atoms with Crippen LogP contribution in [0, 0.1) is 0 Å². The highest BCUT2D eigenvalue weighted by Gasteiger charge is 2.09. The molecule has 0 saturated heterocycles. The number of H-pyrrole nitrogens is 1. The second-order valence-electron chi connectivity index (χ2n) is 3.00. The summed E-state index contributed by atoms with van der Waals surface area (Å²) in [5, 5.41) is 8.83. The van der Waals surface area contributed by atoms with Crippen molar-refractivity contribution in [3.63, 3.8) is 0 Å². The first kappa shape index (κ1) is 9.42. The molecule has 0 unspecified atom stereocenters. The zero-order valence-corrected chi connectivity index (χ0v) is 7.56. The summed E-state index contributed by atoms with van der Waals surface area (Å²) in [5.41, 5.74) is 1.39. The van der Waals surface area contributed by atoms with Crippen molar-refractivity contribution in [2.24, 2.45) is 0 Å². The number of fused-ring (bicyclic) bond motifs is 1. The summed E-state index contributed by atoms with van der Waals surface area (Å²) < 4.78 is 0. The van der Waals surface area contributed by atoms with Gasteiger partial charge in [0, 0.05) is 22.7 Å². The van der Waals surface area contributed by atoms with Crippen LogP contribution in [0.15, 0.2) is 24.4 Å². The largest absolute Gasteiger partial charge is 0.372 e. The van der Waals surface area contributed by atoms with Gasteiger partial charge in [0.15, 0.2) is 6.29 Å². The lowest BCUT2D eigenvalue weighted by atomic mass is 10.1. The normalized spacial score (nSPS) is 10.2. The fourth-order valence-corrected chi connectivity index (χ4v) is 1.42. The predicted molar refractivity (Wildman–Crippen MR) is 51.7 cm³/mol. The van der Waals surface area contributed by atoms with E-state index in [4.69, 9.17) is 5.26 Å². The molecule has 15 heavy (non-hydrogen) atoms. The van der Waals surface area contributed by atoms with E-state index in [1.165, 1.54) is 12.1 Å². The van der Waals surface area contributed by atoms with Crippen LogP contribution in [0.25, 0.3) is 10.9 Å². The van der Waals surface area contributed by atoms with E-state index < -0.39 is 5.97 Å². The van der Waals surface area contributed by atoms with Crippen LogP contribution in [0.3, 0.4) is 0 Å². The maximum absolute atomic E-state index is 11.0. The van der Waals surface area contributed by atoms with Gasteiger partial charge in [0.1, 0.15) is 0 Å². The minimum atomic E-state index is -0.852. The van der Waals surface area contributed by atoms with Crippen LogP contribution in [0.1, 0.15) is 20.7 Å². The topological polar surface area (TPSA) is 79.4 Å². The highest BCUT2D eigenvalue weighted by atomic mass is 17.1. The minimum absolute atomic E-state index is 0.188. The summed E-state index contributed by atoms with van der Waals surface area (Å²) >= 11 is 0. The van der Waals surface area contributed by atoms with E-state index in [0.29, 0.717) is 17.2 Å². The molecular weight excluding hydrogens is 198 g/mol. The molecule has 2 N–H and O–H groups in total. The summed E-state index contributed by atoms with van der Waals surface area (Å²) in [5.74, 6) is -0.852. The monoisotopic (exact) mass is 205 g/mol. The smallest absolute Gasteiger partial charge is 0.360 e. The standard InChI is InChI=1S/C10H7NO4/c12-5-7-4-11-9-2-1-6(3-8(7)9)10(13)15-14/h1-5,11,14H. The molecule has 0 aliphatic heterocycles. The van der Waals surface area contributed by atoms with Gasteiger partial charge in [-0.25, -0.2) is 4.79 Å². The van der Waals surface area contributed by atoms with Crippen LogP contribution in [0.4, 0.5) is 0 Å². The lowest BCUT2D eigenvalue weighted by Crippen LogP contribution is -2.00. The van der Waals surface area contributed by atoms with Crippen molar-refractivity contribution in [2.75, 3.05) is 0 Å². The summed E-state index contributed by atoms with van der Waals surface area (Å²) in [4.78, 5) is 28.1. The molecular formula is C10H7NO4. The Bertz CT molecular complexity index is 529. The molecule has 1 aromatic carbocycles. The molecule has 0 saturated carbocycles. The lowest BCUT2D eigenvalue weighted by molar-refractivity contribution is -0.182. The highest BCUT2D eigenvalue weighted by Crippen LogP contribution is 2.18. The first-order valence-corrected chi connectivity index (χ1v) is 4.18. The number of aromatic nitrogens is 1. The second-order valence-corrected chi connectivity index (χ2v) is 3.00. The van der Waals surface area contributed by atoms with Crippen LogP contribution in [-0.2, 0) is 4.89 Å². The third kappa shape index (κ3) is 1.49. The van der Waals surface area contributed by atoms with Gasteiger partial charge in [-0.05, 0) is 18.2 Å². The molecule has 0 aliphatic rings. The van der Waals surface area contributed by atoms with Gasteiger partial charge in [0.05, 0.1) is 5.56 Å². The molecule has 0 amide bonds. The molecule has 2 rings (SSSR count). The number of carbonyl (C=O) groups excluding carboxylic acids is 2. The molecule has 76 valence electrons. The molecule has 0 radical (unpaired) electrons. The number of carbonyl (C=O) groups is 2. The number of rotatable bonds is 2. The van der Waals surface area contributed by atoms with Gasteiger partial charge >= 0.3 is 5.97 Å². The number of aldehydes is 1. The van der Waals surface area contributed by atoms with Crippen LogP contribution in [0.2, 0.25) is 0 Å². The van der Waals surface area contributed by atoms with Crippen molar-refractivity contribution in [1.29, 1.82) is 0 Å². The number of hydrogen-bond donors (Lipinski definition) is 2. The van der Waals surface area contributed by atoms with E-state index in [1.54, 1.807) is 12.3 Å². The third-order valence-corrected chi connectivity index (χ3v) is 2.16. The van der Waals surface area contributed by atoms with Crippen molar-refractivity contribution in [2.45, 2.75) is 0 Å². The average molecular weight is 205 g/mol. The van der Waals surface area contributed by atoms with Gasteiger partial charge in [-0.1, -0.05) is 0 Å². The van der Waals surface area contributed by atoms with Crippen LogP contribution >= 0.6 is 0 Å². The van der Waals surface area contributed by atoms with E-state index in [9.17, 15) is 9.59 Å². The Morgan fingerprint density at radius 3 is 2.93 bits per heavy atom. The van der Waals surface area contributed by atoms with Gasteiger partial charge in [-0.2, -0.15) is 5.26 Å². The molecule has 0 spiro atoms. The summed E-state index contributed by atoms with van der Waals surface area (Å²) in [7, 11) is 0. The molecule has 5 heteroatoms. The molecule has 0 bridgehead atoms. The maximum Gasteiger partial charge on any atom is 0.372 e. The van der Waals surface area contributed by atoms with E-state index >= 15 is 0 Å². The van der Waals surface area contributed by atoms with E-state index in [1.807, 2.05) is 0 Å². The Morgan fingerprint density at radius 2 is 2.27 bits per heavy atom. The Hall–Kier alpha value is -2.14. The third-order valence-electron chi connectivity index (χ3n) is 2.16. The van der Waals surface area contributed by atoms with Crippen LogP contribution in [0.5, 0.6) is 0 Å². The molecule has 0 aliphatic carbocycles. The number of benzene rings is 1. The van der Waals surface area contributed by atoms with Gasteiger partial charge in [-0.3, -0.25) is 9.68 Å². The minimum Gasteiger partial charge on any atom is -0.360 e. The summed E-state index contributed by atoms with van der Waals surface area (Å²) in [6.45, 7) is 0. The zero-order chi connectivity index (χ0) is 10.8. The van der Waals surface area contributed by atoms with Crippen molar-refractivity contribution < 1.29 is 19.7 Å². The van der Waals surface area contributed by atoms with E-state index in [2.05, 4.69) is 9.87 Å². The van der Waals surface area contributed by atoms with E-state index in [-0.39, 0.29) is 5.56 Å². The fourth-order valence-electron chi connectivity index (χ4n) is 1.42. The number of nitrogens with one attached hydrogen (secondary N) is 1. The average Bonchev–Trinajstić information content (AvgIpc) is 2.69. The Labute approximate surface area is 84.2 Å². The predicted octanol–water partition coefficient (Wildman–Crippen LogP) is 1.61. The molecule has 5 nitrogen and oxygen atoms in total. The molecule has 1 heterocycles. The highest BCUT2D eigenvalue weighted by molar-refractivity contribution is 6.01. The number of hydrogen-bond acceptors (Lipinski definition) is 4. The Kier molecular flexibility index (Phi) is 2.23. The van der Waals surface area contributed by atoms with Crippen molar-refractivity contribution >= 4 is 23.2 Å². The van der Waals surface area contributed by atoms with Gasteiger partial charge < -0.3 is 4.98 Å². The molecule has 0 fully saturated rings. The van der Waals surface area contributed by atoms with Crippen molar-refractivity contribution in [1.82, 2.24) is 4.98 Å². The first-order valence-electron chi connectivity index (χ1n) is 4.18. The Balaban J connectivity index is 2.62. The van der Waals surface area contributed by atoms with Gasteiger partial charge in [0.2, 0.25) is 0 Å². The number of aromatic amines is 1. The molecule has 0 atom stereocenters. The second kappa shape index (κ2) is 3.55. The quantitative estimate of drug-likeness (QED) is 0.443. The zero-order valence-electron chi connectivity index (χ0n) is 7.56. The van der Waals surface area contributed by atoms with Crippen molar-refractivity contribution in [3.8, 4) is 0 Å². The van der Waals surface area contributed by atoms with Crippen LogP contribution < -0.4 is 0 Å². The fraction of sp³-hybridized carbons (Fsp3) is 0. The summed E-state index contributed by atoms with van der Waals surface area (Å²) in [6.07, 6.45) is 2.23. The Morgan fingerprint density at radius 1 is 1.47 bits per heavy atom. The maximum atomic E-state index is 11.0. The van der Waals surface area contributed by atoms with Crippen molar-refractivity contribution in [3.05, 3.63) is 35.5 Å². The molecule has 1 aromatic heterocycles. The lowest BCUT2D eigenvalue weighted by Gasteiger charge is -1.97. The van der Waals surface area contributed by atoms with Crippen LogP contribution in [-0.4, -0.2) is 22.5 Å². The van der Waals surface area contributed by atoms with Gasteiger partial charge in [-0.15, -0.1) is 0 Å². The van der Waals surface area contributed by atoms with Gasteiger partial charge in [0.25, 0.3) is 0 Å². The SMILES string of the molecule is O=Cc1c[nH]c2ccc(C(=O)OO)cc12. The summed E-state index contributed by atoms with van der Waals surface area (Å²) in [6, 6.07) is 4.61. The molecule has 2 aromatic rings. The van der Waals surface area contributed by atoms with E-state index in [0.717, 1.165) is 5.52 Å².